The van der Waals surface area contributed by atoms with Gasteiger partial charge in [0.2, 0.25) is 5.91 Å². The van der Waals surface area contributed by atoms with Gasteiger partial charge >= 0.3 is 6.18 Å². The van der Waals surface area contributed by atoms with Gasteiger partial charge in [0.1, 0.15) is 10.8 Å². The first-order valence-electron chi connectivity index (χ1n) is 10.6. The monoisotopic (exact) mass is 471 g/mol. The van der Waals surface area contributed by atoms with Crippen LogP contribution in [0.4, 0.5) is 13.2 Å². The van der Waals surface area contributed by atoms with Crippen LogP contribution >= 0.6 is 11.3 Å². The molecular weight excluding hydrogens is 451 g/mol. The van der Waals surface area contributed by atoms with Crippen molar-refractivity contribution in [2.24, 2.45) is 0 Å². The fraction of sp³-hybridized carbons (Fsp3) is 0.304. The fourth-order valence-corrected chi connectivity index (χ4v) is 4.96. The maximum Gasteiger partial charge on any atom is 0.417 e. The predicted molar refractivity (Wildman–Crippen MR) is 118 cm³/mol. The van der Waals surface area contributed by atoms with Crippen molar-refractivity contribution < 1.29 is 18.0 Å². The van der Waals surface area contributed by atoms with Gasteiger partial charge in [-0.2, -0.15) is 13.2 Å². The average Bonchev–Trinajstić information content (AvgIpc) is 3.46. The highest BCUT2D eigenvalue weighted by atomic mass is 32.1. The molecule has 0 bridgehead atoms. The molecular formula is C23H20F3N5OS. The molecule has 1 aliphatic heterocycles. The molecule has 3 aromatic heterocycles. The second-order valence-electron chi connectivity index (χ2n) is 8.07. The van der Waals surface area contributed by atoms with Crippen molar-refractivity contribution in [2.45, 2.75) is 31.4 Å². The van der Waals surface area contributed by atoms with Gasteiger partial charge in [0.25, 0.3) is 0 Å². The Kier molecular flexibility index (Phi) is 5.61. The molecule has 0 aliphatic carbocycles. The number of halogens is 3. The van der Waals surface area contributed by atoms with Gasteiger partial charge in [0.05, 0.1) is 17.7 Å². The minimum Gasteiger partial charge on any atom is -0.342 e. The van der Waals surface area contributed by atoms with Crippen molar-refractivity contribution >= 4 is 22.9 Å². The first-order chi connectivity index (χ1) is 15.9. The quantitative estimate of drug-likeness (QED) is 0.428. The second-order valence-corrected chi connectivity index (χ2v) is 8.93. The molecule has 33 heavy (non-hydrogen) atoms. The van der Waals surface area contributed by atoms with E-state index in [1.165, 1.54) is 21.8 Å². The van der Waals surface area contributed by atoms with Gasteiger partial charge in [-0.3, -0.25) is 9.20 Å². The molecule has 170 valence electrons. The van der Waals surface area contributed by atoms with E-state index < -0.39 is 11.7 Å². The summed E-state index contributed by atoms with van der Waals surface area (Å²) in [6.45, 7) is 1.00. The molecule has 6 nitrogen and oxygen atoms in total. The molecule has 0 N–H and O–H groups in total. The summed E-state index contributed by atoms with van der Waals surface area (Å²) in [5, 5.41) is 10.9. The molecule has 1 unspecified atom stereocenters. The van der Waals surface area contributed by atoms with E-state index in [4.69, 9.17) is 0 Å². The van der Waals surface area contributed by atoms with Crippen molar-refractivity contribution in [1.29, 1.82) is 0 Å². The van der Waals surface area contributed by atoms with Crippen LogP contribution in [0.15, 0.2) is 54.0 Å². The van der Waals surface area contributed by atoms with Crippen LogP contribution in [0.25, 0.3) is 16.2 Å². The maximum absolute atomic E-state index is 13.2. The van der Waals surface area contributed by atoms with Gasteiger partial charge in [-0.05, 0) is 25.0 Å². The Morgan fingerprint density at radius 2 is 1.94 bits per heavy atom. The van der Waals surface area contributed by atoms with Crippen molar-refractivity contribution in [1.82, 2.24) is 24.5 Å². The maximum atomic E-state index is 13.2. The number of benzene rings is 1. The first-order valence-corrected chi connectivity index (χ1v) is 11.5. The molecule has 1 atom stereocenters. The van der Waals surface area contributed by atoms with Crippen LogP contribution in [-0.4, -0.2) is 43.5 Å². The molecule has 1 aliphatic rings. The second kappa shape index (κ2) is 8.58. The molecule has 0 radical (unpaired) electrons. The van der Waals surface area contributed by atoms with Gasteiger partial charge in [-0.25, -0.2) is 4.98 Å². The number of piperidine rings is 1. The van der Waals surface area contributed by atoms with Gasteiger partial charge in [0, 0.05) is 36.1 Å². The lowest BCUT2D eigenvalue weighted by Gasteiger charge is -2.32. The standard InChI is InChI=1S/C23H20F3N5OS/c24-23(25,26)17-8-9-19-28-29-21(31(19)13-17)16-7-4-10-30(12-16)20(32)11-18-14-33-22(27-18)15-5-2-1-3-6-15/h1-3,5-6,8-9,13-14,16H,4,7,10-12H2. The Hall–Kier alpha value is -3.27. The number of carbonyl (C=O) groups is 1. The average molecular weight is 472 g/mol. The Bertz CT molecular complexity index is 1280. The van der Waals surface area contributed by atoms with E-state index in [1.54, 1.807) is 4.90 Å². The number of hydrogen-bond donors (Lipinski definition) is 0. The molecule has 0 saturated carbocycles. The predicted octanol–water partition coefficient (Wildman–Crippen LogP) is 4.82. The molecule has 4 aromatic rings. The number of likely N-dealkylation sites (tertiary alicyclic amines) is 1. The topological polar surface area (TPSA) is 63.4 Å². The van der Waals surface area contributed by atoms with Crippen LogP contribution in [0.5, 0.6) is 0 Å². The van der Waals surface area contributed by atoms with E-state index >= 15 is 0 Å². The number of thiazole rings is 1. The zero-order valence-electron chi connectivity index (χ0n) is 17.5. The van der Waals surface area contributed by atoms with Gasteiger partial charge in [-0.1, -0.05) is 30.3 Å². The third-order valence-corrected chi connectivity index (χ3v) is 6.74. The lowest BCUT2D eigenvalue weighted by molar-refractivity contribution is -0.137. The summed E-state index contributed by atoms with van der Waals surface area (Å²) in [4.78, 5) is 19.3. The van der Waals surface area contributed by atoms with Crippen molar-refractivity contribution in [3.8, 4) is 10.6 Å². The minimum atomic E-state index is -4.45. The zero-order valence-corrected chi connectivity index (χ0v) is 18.3. The van der Waals surface area contributed by atoms with Gasteiger partial charge < -0.3 is 4.90 Å². The zero-order chi connectivity index (χ0) is 23.0. The summed E-state index contributed by atoms with van der Waals surface area (Å²) in [7, 11) is 0. The lowest BCUT2D eigenvalue weighted by Crippen LogP contribution is -2.40. The molecule has 1 amide bonds. The lowest BCUT2D eigenvalue weighted by atomic mass is 9.96. The summed E-state index contributed by atoms with van der Waals surface area (Å²) >= 11 is 1.50. The Morgan fingerprint density at radius 1 is 1.12 bits per heavy atom. The van der Waals surface area contributed by atoms with E-state index in [9.17, 15) is 18.0 Å². The van der Waals surface area contributed by atoms with Crippen LogP contribution < -0.4 is 0 Å². The number of aromatic nitrogens is 4. The van der Waals surface area contributed by atoms with Crippen LogP contribution in [0.2, 0.25) is 0 Å². The Balaban J connectivity index is 1.31. The van der Waals surface area contributed by atoms with Crippen LogP contribution in [-0.2, 0) is 17.4 Å². The largest absolute Gasteiger partial charge is 0.417 e. The van der Waals surface area contributed by atoms with Gasteiger partial charge in [-0.15, -0.1) is 21.5 Å². The number of amides is 1. The number of carbonyl (C=O) groups excluding carboxylic acids is 1. The Labute approximate surface area is 191 Å². The number of alkyl halides is 3. The summed E-state index contributed by atoms with van der Waals surface area (Å²) in [5.74, 6) is 0.222. The number of hydrogen-bond acceptors (Lipinski definition) is 5. The van der Waals surface area contributed by atoms with Crippen molar-refractivity contribution in [3.05, 3.63) is 71.1 Å². The van der Waals surface area contributed by atoms with Crippen LogP contribution in [0.1, 0.15) is 35.8 Å². The van der Waals surface area contributed by atoms with E-state index in [2.05, 4.69) is 15.2 Å². The molecule has 0 spiro atoms. The smallest absolute Gasteiger partial charge is 0.342 e. The highest BCUT2D eigenvalue weighted by Gasteiger charge is 2.33. The Morgan fingerprint density at radius 3 is 2.73 bits per heavy atom. The van der Waals surface area contributed by atoms with Crippen molar-refractivity contribution in [2.75, 3.05) is 13.1 Å². The third kappa shape index (κ3) is 4.47. The molecule has 10 heteroatoms. The minimum absolute atomic E-state index is 0.0468. The normalized spacial score (nSPS) is 16.9. The number of fused-ring (bicyclic) bond motifs is 1. The van der Waals surface area contributed by atoms with Crippen molar-refractivity contribution in [3.63, 3.8) is 0 Å². The van der Waals surface area contributed by atoms with E-state index in [0.717, 1.165) is 35.7 Å². The highest BCUT2D eigenvalue weighted by molar-refractivity contribution is 7.13. The van der Waals surface area contributed by atoms with E-state index in [-0.39, 0.29) is 18.2 Å². The molecule has 1 saturated heterocycles. The van der Waals surface area contributed by atoms with E-state index in [0.29, 0.717) is 30.3 Å². The molecule has 1 fully saturated rings. The summed E-state index contributed by atoms with van der Waals surface area (Å²) in [6, 6.07) is 12.1. The van der Waals surface area contributed by atoms with E-state index in [1.807, 2.05) is 35.7 Å². The highest BCUT2D eigenvalue weighted by Crippen LogP contribution is 2.32. The van der Waals surface area contributed by atoms with Crippen LogP contribution in [0.3, 0.4) is 0 Å². The number of rotatable bonds is 4. The SMILES string of the molecule is O=C(Cc1csc(-c2ccccc2)n1)N1CCCC(c2nnc3ccc(C(F)(F)F)cn23)C1. The molecule has 4 heterocycles. The fourth-order valence-electron chi connectivity index (χ4n) is 4.14. The number of nitrogens with zero attached hydrogens (tertiary/aromatic N) is 5. The summed E-state index contributed by atoms with van der Waals surface area (Å²) < 4.78 is 40.9. The third-order valence-electron chi connectivity index (χ3n) is 5.80. The number of pyridine rings is 1. The van der Waals surface area contributed by atoms with Gasteiger partial charge in [0.15, 0.2) is 5.65 Å². The molecule has 1 aromatic carbocycles. The van der Waals surface area contributed by atoms with Crippen LogP contribution in [0, 0.1) is 0 Å². The summed E-state index contributed by atoms with van der Waals surface area (Å²) in [5.41, 5.74) is 1.33. The first kappa shape index (κ1) is 21.6. The summed E-state index contributed by atoms with van der Waals surface area (Å²) in [6.07, 6.45) is -1.75. The molecule has 5 rings (SSSR count).